The summed E-state index contributed by atoms with van der Waals surface area (Å²) in [5.41, 5.74) is 0. The van der Waals surface area contributed by atoms with Crippen molar-refractivity contribution >= 4 is 39.3 Å². The molecule has 0 aliphatic rings. The Balaban J connectivity index is 2.31. The summed E-state index contributed by atoms with van der Waals surface area (Å²) in [6.45, 7) is 5.34. The van der Waals surface area contributed by atoms with Crippen molar-refractivity contribution in [1.82, 2.24) is 10.3 Å². The number of nitrogens with zero attached hydrogens (tertiary/aromatic N) is 1. The van der Waals surface area contributed by atoms with Gasteiger partial charge in [0.2, 0.25) is 5.91 Å². The Hall–Kier alpha value is -0.810. The Morgan fingerprint density at radius 3 is 2.89 bits per heavy atom. The Bertz CT molecular complexity index is 412. The number of pyridine rings is 1. The second-order valence-corrected chi connectivity index (χ2v) is 5.68. The molecule has 0 aromatic carbocycles. The van der Waals surface area contributed by atoms with Crippen LogP contribution in [0.25, 0.3) is 0 Å². The number of carbonyl (C=O) groups excluding carboxylic acids is 1. The molecule has 1 heterocycles. The highest BCUT2D eigenvalue weighted by Crippen LogP contribution is 2.22. The normalized spacial score (nSPS) is 10.5. The van der Waals surface area contributed by atoms with E-state index >= 15 is 0 Å². The average molecular weight is 335 g/mol. The summed E-state index contributed by atoms with van der Waals surface area (Å²) in [7, 11) is 0. The Labute approximate surface area is 121 Å². The van der Waals surface area contributed by atoms with E-state index in [-0.39, 0.29) is 5.91 Å². The molecule has 0 atom stereocenters. The average Bonchev–Trinajstić information content (AvgIpc) is 2.29. The fourth-order valence-corrected chi connectivity index (χ4v) is 1.94. The van der Waals surface area contributed by atoms with Crippen LogP contribution in [0.4, 0.5) is 5.82 Å². The number of anilines is 1. The molecule has 0 spiro atoms. The zero-order valence-electron chi connectivity index (χ0n) is 10.5. The van der Waals surface area contributed by atoms with Crippen LogP contribution in [0.3, 0.4) is 0 Å². The van der Waals surface area contributed by atoms with Crippen LogP contribution >= 0.6 is 27.5 Å². The summed E-state index contributed by atoms with van der Waals surface area (Å²) >= 11 is 9.27. The molecule has 0 unspecified atom stereocenters. The highest BCUT2D eigenvalue weighted by Gasteiger charge is 2.05. The summed E-state index contributed by atoms with van der Waals surface area (Å²) in [5, 5.41) is 6.42. The van der Waals surface area contributed by atoms with Crippen LogP contribution < -0.4 is 10.6 Å². The van der Waals surface area contributed by atoms with E-state index < -0.39 is 0 Å². The highest BCUT2D eigenvalue weighted by atomic mass is 79.9. The van der Waals surface area contributed by atoms with Crippen molar-refractivity contribution in [2.45, 2.75) is 20.3 Å². The van der Waals surface area contributed by atoms with Gasteiger partial charge in [0.1, 0.15) is 5.82 Å². The molecule has 1 amide bonds. The van der Waals surface area contributed by atoms with Crippen molar-refractivity contribution in [1.29, 1.82) is 0 Å². The number of rotatable bonds is 6. The van der Waals surface area contributed by atoms with Gasteiger partial charge in [-0.15, -0.1) is 0 Å². The molecule has 2 N–H and O–H groups in total. The van der Waals surface area contributed by atoms with E-state index in [1.165, 1.54) is 0 Å². The Kier molecular flexibility index (Phi) is 6.43. The molecule has 6 heteroatoms. The molecular weight excluding hydrogens is 318 g/mol. The van der Waals surface area contributed by atoms with Crippen molar-refractivity contribution < 1.29 is 4.79 Å². The molecule has 1 aromatic rings. The number of carbonyl (C=O) groups is 1. The first-order valence-electron chi connectivity index (χ1n) is 5.80. The van der Waals surface area contributed by atoms with Crippen LogP contribution in [-0.2, 0) is 4.79 Å². The van der Waals surface area contributed by atoms with Gasteiger partial charge in [-0.1, -0.05) is 25.4 Å². The number of aromatic nitrogens is 1. The van der Waals surface area contributed by atoms with E-state index in [4.69, 9.17) is 11.6 Å². The number of amides is 1. The number of hydrogen-bond donors (Lipinski definition) is 2. The summed E-state index contributed by atoms with van der Waals surface area (Å²) < 4.78 is 0.827. The van der Waals surface area contributed by atoms with Gasteiger partial charge in [-0.3, -0.25) is 4.79 Å². The maximum atomic E-state index is 11.5. The summed E-state index contributed by atoms with van der Waals surface area (Å²) in [6, 6.07) is 1.76. The van der Waals surface area contributed by atoms with Crippen molar-refractivity contribution in [3.63, 3.8) is 0 Å². The molecule has 100 valence electrons. The Morgan fingerprint density at radius 1 is 1.56 bits per heavy atom. The lowest BCUT2D eigenvalue weighted by atomic mass is 10.2. The zero-order valence-corrected chi connectivity index (χ0v) is 12.8. The van der Waals surface area contributed by atoms with Gasteiger partial charge in [0, 0.05) is 30.2 Å². The Morgan fingerprint density at radius 2 is 2.28 bits per heavy atom. The quantitative estimate of drug-likeness (QED) is 0.840. The third-order valence-corrected chi connectivity index (χ3v) is 2.88. The molecule has 0 aliphatic carbocycles. The van der Waals surface area contributed by atoms with Crippen LogP contribution in [0.1, 0.15) is 20.3 Å². The second kappa shape index (κ2) is 7.59. The molecule has 4 nitrogen and oxygen atoms in total. The first-order valence-corrected chi connectivity index (χ1v) is 6.97. The largest absolute Gasteiger partial charge is 0.368 e. The van der Waals surface area contributed by atoms with Crippen molar-refractivity contribution in [2.24, 2.45) is 5.92 Å². The fraction of sp³-hybridized carbons (Fsp3) is 0.500. The lowest BCUT2D eigenvalue weighted by Crippen LogP contribution is -2.28. The maximum absolute atomic E-state index is 11.5. The van der Waals surface area contributed by atoms with E-state index in [2.05, 4.69) is 45.4 Å². The standard InChI is InChI=1S/C12H17BrClN3O/c1-8(2)6-16-11(18)3-4-15-12-10(14)5-9(13)7-17-12/h5,7-8H,3-4,6H2,1-2H3,(H,15,17)(H,16,18). The lowest BCUT2D eigenvalue weighted by molar-refractivity contribution is -0.120. The van der Waals surface area contributed by atoms with E-state index in [1.54, 1.807) is 12.3 Å². The molecule has 18 heavy (non-hydrogen) atoms. The van der Waals surface area contributed by atoms with E-state index in [9.17, 15) is 4.79 Å². The minimum absolute atomic E-state index is 0.0319. The van der Waals surface area contributed by atoms with Crippen LogP contribution in [0.5, 0.6) is 0 Å². The topological polar surface area (TPSA) is 54.0 Å². The monoisotopic (exact) mass is 333 g/mol. The molecule has 1 aromatic heterocycles. The first-order chi connectivity index (χ1) is 8.49. The van der Waals surface area contributed by atoms with Crippen LogP contribution in [0.15, 0.2) is 16.7 Å². The van der Waals surface area contributed by atoms with E-state index in [1.807, 2.05) is 0 Å². The molecule has 0 saturated heterocycles. The van der Waals surface area contributed by atoms with Gasteiger partial charge in [0.05, 0.1) is 5.02 Å². The van der Waals surface area contributed by atoms with Gasteiger partial charge in [-0.25, -0.2) is 4.98 Å². The van der Waals surface area contributed by atoms with E-state index in [0.29, 0.717) is 36.3 Å². The van der Waals surface area contributed by atoms with Crippen molar-refractivity contribution in [3.05, 3.63) is 21.8 Å². The van der Waals surface area contributed by atoms with Gasteiger partial charge in [-0.05, 0) is 27.9 Å². The highest BCUT2D eigenvalue weighted by molar-refractivity contribution is 9.10. The third kappa shape index (κ3) is 5.69. The van der Waals surface area contributed by atoms with Crippen LogP contribution in [0.2, 0.25) is 5.02 Å². The summed E-state index contributed by atoms with van der Waals surface area (Å²) in [5.74, 6) is 1.09. The maximum Gasteiger partial charge on any atom is 0.221 e. The van der Waals surface area contributed by atoms with Crippen molar-refractivity contribution in [2.75, 3.05) is 18.4 Å². The summed E-state index contributed by atoms with van der Waals surface area (Å²) in [4.78, 5) is 15.6. The first kappa shape index (κ1) is 15.2. The van der Waals surface area contributed by atoms with Gasteiger partial charge < -0.3 is 10.6 Å². The summed E-state index contributed by atoms with van der Waals surface area (Å²) in [6.07, 6.45) is 2.06. The van der Waals surface area contributed by atoms with Crippen LogP contribution in [-0.4, -0.2) is 24.0 Å². The predicted molar refractivity (Wildman–Crippen MR) is 77.9 cm³/mol. The minimum Gasteiger partial charge on any atom is -0.368 e. The molecule has 0 saturated carbocycles. The van der Waals surface area contributed by atoms with Gasteiger partial charge in [0.15, 0.2) is 0 Å². The fourth-order valence-electron chi connectivity index (χ4n) is 1.25. The minimum atomic E-state index is 0.0319. The smallest absolute Gasteiger partial charge is 0.221 e. The number of halogens is 2. The zero-order chi connectivity index (χ0) is 13.5. The van der Waals surface area contributed by atoms with Crippen molar-refractivity contribution in [3.8, 4) is 0 Å². The molecular formula is C12H17BrClN3O. The number of nitrogens with one attached hydrogen (secondary N) is 2. The predicted octanol–water partition coefficient (Wildman–Crippen LogP) is 3.07. The number of hydrogen-bond acceptors (Lipinski definition) is 3. The molecule has 1 rings (SSSR count). The SMILES string of the molecule is CC(C)CNC(=O)CCNc1ncc(Br)cc1Cl. The molecule has 0 fully saturated rings. The molecule has 0 bridgehead atoms. The second-order valence-electron chi connectivity index (χ2n) is 4.36. The van der Waals surface area contributed by atoms with E-state index in [0.717, 1.165) is 4.47 Å². The molecule has 0 aliphatic heterocycles. The van der Waals surface area contributed by atoms with Gasteiger partial charge in [-0.2, -0.15) is 0 Å². The lowest BCUT2D eigenvalue weighted by Gasteiger charge is -2.09. The van der Waals surface area contributed by atoms with Gasteiger partial charge >= 0.3 is 0 Å². The molecule has 0 radical (unpaired) electrons. The van der Waals surface area contributed by atoms with Gasteiger partial charge in [0.25, 0.3) is 0 Å². The van der Waals surface area contributed by atoms with Crippen LogP contribution in [0, 0.1) is 5.92 Å². The third-order valence-electron chi connectivity index (χ3n) is 2.16.